The third kappa shape index (κ3) is 3.51. The van der Waals surface area contributed by atoms with Crippen LogP contribution in [-0.2, 0) is 4.79 Å². The van der Waals surface area contributed by atoms with E-state index in [1.54, 1.807) is 24.3 Å². The van der Waals surface area contributed by atoms with E-state index in [2.05, 4.69) is 15.3 Å². The SMILES string of the molecule is O=C(O)CSc1nc(Nc2ccccc2O)nc2ccccc12. The Morgan fingerprint density at radius 3 is 2.61 bits per heavy atom. The highest BCUT2D eigenvalue weighted by Gasteiger charge is 2.11. The lowest BCUT2D eigenvalue weighted by molar-refractivity contribution is -0.133. The van der Waals surface area contributed by atoms with Crippen molar-refractivity contribution in [1.82, 2.24) is 9.97 Å². The summed E-state index contributed by atoms with van der Waals surface area (Å²) < 4.78 is 0. The molecule has 3 aromatic rings. The van der Waals surface area contributed by atoms with E-state index < -0.39 is 5.97 Å². The second-order valence-electron chi connectivity index (χ2n) is 4.69. The highest BCUT2D eigenvalue weighted by Crippen LogP contribution is 2.29. The summed E-state index contributed by atoms with van der Waals surface area (Å²) in [7, 11) is 0. The Kier molecular flexibility index (Phi) is 4.29. The lowest BCUT2D eigenvalue weighted by atomic mass is 10.2. The maximum absolute atomic E-state index is 10.8. The first-order chi connectivity index (χ1) is 11.1. The van der Waals surface area contributed by atoms with Gasteiger partial charge in [0.1, 0.15) is 10.8 Å². The van der Waals surface area contributed by atoms with Gasteiger partial charge in [-0.15, -0.1) is 0 Å². The molecule has 1 heterocycles. The molecule has 0 bridgehead atoms. The molecule has 0 aliphatic heterocycles. The number of fused-ring (bicyclic) bond motifs is 1. The van der Waals surface area contributed by atoms with Crippen LogP contribution >= 0.6 is 11.8 Å². The van der Waals surface area contributed by atoms with Crippen LogP contribution in [0.15, 0.2) is 53.6 Å². The fraction of sp³-hybridized carbons (Fsp3) is 0.0625. The molecule has 3 N–H and O–H groups in total. The monoisotopic (exact) mass is 327 g/mol. The van der Waals surface area contributed by atoms with Crippen molar-refractivity contribution in [2.75, 3.05) is 11.1 Å². The summed E-state index contributed by atoms with van der Waals surface area (Å²) in [6, 6.07) is 14.2. The van der Waals surface area contributed by atoms with E-state index in [1.807, 2.05) is 24.3 Å². The minimum absolute atomic E-state index is 0.0863. The number of rotatable bonds is 5. The van der Waals surface area contributed by atoms with E-state index in [9.17, 15) is 9.90 Å². The molecule has 0 spiro atoms. The number of para-hydroxylation sites is 3. The molecule has 0 amide bonds. The van der Waals surface area contributed by atoms with Gasteiger partial charge in [-0.3, -0.25) is 4.79 Å². The molecule has 23 heavy (non-hydrogen) atoms. The van der Waals surface area contributed by atoms with Crippen molar-refractivity contribution < 1.29 is 15.0 Å². The van der Waals surface area contributed by atoms with Crippen LogP contribution in [0.25, 0.3) is 10.9 Å². The molecule has 0 radical (unpaired) electrons. The van der Waals surface area contributed by atoms with Gasteiger partial charge in [0.05, 0.1) is 17.0 Å². The van der Waals surface area contributed by atoms with E-state index in [1.165, 1.54) is 0 Å². The zero-order valence-electron chi connectivity index (χ0n) is 11.9. The summed E-state index contributed by atoms with van der Waals surface area (Å²) in [5.41, 5.74) is 1.19. The quantitative estimate of drug-likeness (QED) is 0.376. The van der Waals surface area contributed by atoms with E-state index in [-0.39, 0.29) is 11.5 Å². The van der Waals surface area contributed by atoms with Gasteiger partial charge >= 0.3 is 5.97 Å². The van der Waals surface area contributed by atoms with Gasteiger partial charge in [-0.1, -0.05) is 42.1 Å². The van der Waals surface area contributed by atoms with E-state index in [0.29, 0.717) is 22.2 Å². The number of carboxylic acids is 1. The van der Waals surface area contributed by atoms with Crippen molar-refractivity contribution in [1.29, 1.82) is 0 Å². The first-order valence-electron chi connectivity index (χ1n) is 6.80. The minimum atomic E-state index is -0.909. The van der Waals surface area contributed by atoms with Crippen molar-refractivity contribution >= 4 is 40.3 Å². The molecule has 0 fully saturated rings. The third-order valence-corrected chi connectivity index (χ3v) is 4.03. The molecule has 0 saturated carbocycles. The smallest absolute Gasteiger partial charge is 0.313 e. The Labute approximate surface area is 136 Å². The Balaban J connectivity index is 2.00. The van der Waals surface area contributed by atoms with Gasteiger partial charge in [-0.05, 0) is 18.2 Å². The van der Waals surface area contributed by atoms with Crippen LogP contribution in [0.2, 0.25) is 0 Å². The number of aromatic nitrogens is 2. The van der Waals surface area contributed by atoms with Gasteiger partial charge in [0, 0.05) is 5.39 Å². The second-order valence-corrected chi connectivity index (χ2v) is 5.66. The number of anilines is 2. The van der Waals surface area contributed by atoms with Gasteiger partial charge in [0.25, 0.3) is 0 Å². The van der Waals surface area contributed by atoms with E-state index >= 15 is 0 Å². The van der Waals surface area contributed by atoms with Crippen molar-refractivity contribution in [2.24, 2.45) is 0 Å². The number of nitrogens with zero attached hydrogens (tertiary/aromatic N) is 2. The first-order valence-corrected chi connectivity index (χ1v) is 7.78. The van der Waals surface area contributed by atoms with Crippen LogP contribution in [0.5, 0.6) is 5.75 Å². The number of phenolic OH excluding ortho intramolecular Hbond substituents is 1. The zero-order valence-corrected chi connectivity index (χ0v) is 12.7. The summed E-state index contributed by atoms with van der Waals surface area (Å²) in [5.74, 6) is -0.605. The standard InChI is InChI=1S/C16H13N3O3S/c20-13-8-4-3-7-12(13)18-16-17-11-6-2-1-5-10(11)15(19-16)23-9-14(21)22/h1-8,20H,9H2,(H,21,22)(H,17,18,19). The second kappa shape index (κ2) is 6.53. The Bertz CT molecular complexity index is 870. The van der Waals surface area contributed by atoms with Crippen LogP contribution in [0.4, 0.5) is 11.6 Å². The minimum Gasteiger partial charge on any atom is -0.506 e. The first kappa shape index (κ1) is 15.1. The van der Waals surface area contributed by atoms with Crippen molar-refractivity contribution in [3.05, 3.63) is 48.5 Å². The lowest BCUT2D eigenvalue weighted by Crippen LogP contribution is -2.02. The number of nitrogens with one attached hydrogen (secondary N) is 1. The number of aliphatic carboxylic acids is 1. The van der Waals surface area contributed by atoms with Crippen molar-refractivity contribution in [3.63, 3.8) is 0 Å². The van der Waals surface area contributed by atoms with Crippen molar-refractivity contribution in [3.8, 4) is 5.75 Å². The number of hydrogen-bond donors (Lipinski definition) is 3. The van der Waals surface area contributed by atoms with Gasteiger partial charge in [0.2, 0.25) is 5.95 Å². The molecule has 7 heteroatoms. The van der Waals surface area contributed by atoms with E-state index in [0.717, 1.165) is 17.1 Å². The summed E-state index contributed by atoms with van der Waals surface area (Å²) >= 11 is 1.13. The normalized spacial score (nSPS) is 10.6. The number of carbonyl (C=O) groups is 1. The van der Waals surface area contributed by atoms with Crippen LogP contribution in [0, 0.1) is 0 Å². The molecule has 0 saturated heterocycles. The van der Waals surface area contributed by atoms with Gasteiger partial charge in [-0.2, -0.15) is 0 Å². The zero-order chi connectivity index (χ0) is 16.2. The molecule has 1 aromatic heterocycles. The highest BCUT2D eigenvalue weighted by atomic mass is 32.2. The summed E-state index contributed by atoms with van der Waals surface area (Å²) in [6.07, 6.45) is 0. The van der Waals surface area contributed by atoms with Crippen LogP contribution in [0.1, 0.15) is 0 Å². The molecule has 0 unspecified atom stereocenters. The number of thioether (sulfide) groups is 1. The molecule has 6 nitrogen and oxygen atoms in total. The molecule has 0 atom stereocenters. The molecular weight excluding hydrogens is 314 g/mol. The topological polar surface area (TPSA) is 95.3 Å². The molecule has 3 rings (SSSR count). The summed E-state index contributed by atoms with van der Waals surface area (Å²) in [5, 5.41) is 23.0. The van der Waals surface area contributed by atoms with Crippen LogP contribution in [-0.4, -0.2) is 31.9 Å². The van der Waals surface area contributed by atoms with Crippen molar-refractivity contribution in [2.45, 2.75) is 5.03 Å². The third-order valence-electron chi connectivity index (χ3n) is 3.05. The molecule has 0 aliphatic carbocycles. The Hall–Kier alpha value is -2.80. The van der Waals surface area contributed by atoms with Crippen LogP contribution in [0.3, 0.4) is 0 Å². The maximum atomic E-state index is 10.8. The predicted octanol–water partition coefficient (Wildman–Crippen LogP) is 3.26. The number of hydrogen-bond acceptors (Lipinski definition) is 6. The average Bonchev–Trinajstić information content (AvgIpc) is 2.54. The lowest BCUT2D eigenvalue weighted by Gasteiger charge is -2.10. The largest absolute Gasteiger partial charge is 0.506 e. The number of aromatic hydroxyl groups is 1. The average molecular weight is 327 g/mol. The number of benzene rings is 2. The number of phenols is 1. The highest BCUT2D eigenvalue weighted by molar-refractivity contribution is 8.00. The van der Waals surface area contributed by atoms with Gasteiger partial charge < -0.3 is 15.5 Å². The summed E-state index contributed by atoms with van der Waals surface area (Å²) in [6.45, 7) is 0. The Morgan fingerprint density at radius 2 is 1.83 bits per heavy atom. The predicted molar refractivity (Wildman–Crippen MR) is 89.3 cm³/mol. The van der Waals surface area contributed by atoms with Crippen LogP contribution < -0.4 is 5.32 Å². The Morgan fingerprint density at radius 1 is 1.09 bits per heavy atom. The maximum Gasteiger partial charge on any atom is 0.313 e. The number of carboxylic acid groups (broad SMARTS) is 1. The molecular formula is C16H13N3O3S. The molecule has 2 aromatic carbocycles. The fourth-order valence-corrected chi connectivity index (χ4v) is 2.78. The fourth-order valence-electron chi connectivity index (χ4n) is 2.04. The van der Waals surface area contributed by atoms with Gasteiger partial charge in [-0.25, -0.2) is 9.97 Å². The van der Waals surface area contributed by atoms with Gasteiger partial charge in [0.15, 0.2) is 0 Å². The molecule has 0 aliphatic rings. The van der Waals surface area contributed by atoms with E-state index in [4.69, 9.17) is 5.11 Å². The summed E-state index contributed by atoms with van der Waals surface area (Å²) in [4.78, 5) is 19.6. The molecule has 116 valence electrons.